The van der Waals surface area contributed by atoms with Crippen molar-refractivity contribution in [3.63, 3.8) is 0 Å². The highest BCUT2D eigenvalue weighted by Gasteiger charge is 2.52. The molecule has 10 nitrogen and oxygen atoms in total. The van der Waals surface area contributed by atoms with Crippen LogP contribution < -0.4 is 10.7 Å². The minimum Gasteiger partial charge on any atom is -0.452 e. The number of nitrogens with one attached hydrogen (secondary N) is 2. The zero-order valence-electron chi connectivity index (χ0n) is 19.6. The van der Waals surface area contributed by atoms with Crippen LogP contribution in [0.3, 0.4) is 0 Å². The number of esters is 1. The maximum Gasteiger partial charge on any atom is 0.344 e. The molecule has 4 amide bonds. The summed E-state index contributed by atoms with van der Waals surface area (Å²) in [6, 6.07) is 9.04. The summed E-state index contributed by atoms with van der Waals surface area (Å²) in [6.07, 6.45) is 2.71. The van der Waals surface area contributed by atoms with E-state index >= 15 is 0 Å². The molecule has 2 N–H and O–H groups in total. The van der Waals surface area contributed by atoms with Crippen molar-refractivity contribution in [1.29, 1.82) is 0 Å². The quantitative estimate of drug-likeness (QED) is 0.496. The second kappa shape index (κ2) is 9.28. The standard InChI is InChI=1S/C24H29N5O5/c1-15-9-11-24(12-10-15)22(32)29(23(33)25-24)27-19(30)14-34-21(31)20-16(2)26-28(17(20)3)13-18-7-5-4-6-8-18/h4-8,15H,9-14H2,1-3H3,(H,25,33)(H,27,30). The monoisotopic (exact) mass is 467 g/mol. The van der Waals surface area contributed by atoms with E-state index in [1.54, 1.807) is 18.5 Å². The number of aryl methyl sites for hydroxylation is 1. The Kier molecular flexibility index (Phi) is 6.41. The first kappa shape index (κ1) is 23.5. The SMILES string of the molecule is Cc1nn(Cc2ccccc2)c(C)c1C(=O)OCC(=O)NN1C(=O)NC2(CCC(C)CC2)C1=O. The summed E-state index contributed by atoms with van der Waals surface area (Å²) in [6.45, 7) is 5.42. The molecule has 1 saturated heterocycles. The molecule has 10 heteroatoms. The van der Waals surface area contributed by atoms with Crippen molar-refractivity contribution in [3.8, 4) is 0 Å². The number of hydrogen-bond donors (Lipinski definition) is 2. The minimum atomic E-state index is -0.963. The third-order valence-electron chi connectivity index (χ3n) is 6.62. The first-order chi connectivity index (χ1) is 16.2. The van der Waals surface area contributed by atoms with E-state index in [1.807, 2.05) is 30.3 Å². The van der Waals surface area contributed by atoms with E-state index in [0.717, 1.165) is 18.4 Å². The summed E-state index contributed by atoms with van der Waals surface area (Å²) < 4.78 is 6.88. The Labute approximate surface area is 197 Å². The number of amides is 4. The second-order valence-corrected chi connectivity index (χ2v) is 9.14. The second-order valence-electron chi connectivity index (χ2n) is 9.14. The van der Waals surface area contributed by atoms with E-state index in [-0.39, 0.29) is 5.56 Å². The Hall–Kier alpha value is -3.69. The number of aromatic nitrogens is 2. The maximum atomic E-state index is 12.8. The average Bonchev–Trinajstić information content (AvgIpc) is 3.21. The zero-order valence-corrected chi connectivity index (χ0v) is 19.6. The minimum absolute atomic E-state index is 0.286. The number of carbonyl (C=O) groups is 4. The lowest BCUT2D eigenvalue weighted by atomic mass is 9.77. The van der Waals surface area contributed by atoms with Gasteiger partial charge in [0.1, 0.15) is 11.1 Å². The number of hydrazine groups is 1. The molecule has 2 fully saturated rings. The van der Waals surface area contributed by atoms with Crippen LogP contribution in [0.25, 0.3) is 0 Å². The van der Waals surface area contributed by atoms with Gasteiger partial charge >= 0.3 is 12.0 Å². The van der Waals surface area contributed by atoms with Crippen LogP contribution in [0.1, 0.15) is 59.9 Å². The number of nitrogens with zero attached hydrogens (tertiary/aromatic N) is 3. The number of rotatable bonds is 6. The molecule has 2 aromatic rings. The van der Waals surface area contributed by atoms with Gasteiger partial charge in [-0.05, 0) is 51.0 Å². The fourth-order valence-electron chi connectivity index (χ4n) is 4.58. The third-order valence-corrected chi connectivity index (χ3v) is 6.62. The molecule has 1 spiro atoms. The van der Waals surface area contributed by atoms with Crippen LogP contribution in [-0.2, 0) is 20.9 Å². The molecular weight excluding hydrogens is 438 g/mol. The Morgan fingerprint density at radius 2 is 1.85 bits per heavy atom. The van der Waals surface area contributed by atoms with Gasteiger partial charge in [-0.25, -0.2) is 9.59 Å². The molecule has 1 aliphatic carbocycles. The zero-order chi connectivity index (χ0) is 24.5. The fourth-order valence-corrected chi connectivity index (χ4v) is 4.58. The Balaban J connectivity index is 1.35. The van der Waals surface area contributed by atoms with Crippen LogP contribution in [-0.4, -0.2) is 50.7 Å². The lowest BCUT2D eigenvalue weighted by Crippen LogP contribution is -2.52. The molecule has 0 unspecified atom stereocenters. The van der Waals surface area contributed by atoms with Crippen LogP contribution in [0.4, 0.5) is 4.79 Å². The smallest absolute Gasteiger partial charge is 0.344 e. The lowest BCUT2D eigenvalue weighted by molar-refractivity contribution is -0.141. The van der Waals surface area contributed by atoms with E-state index in [9.17, 15) is 19.2 Å². The van der Waals surface area contributed by atoms with Gasteiger partial charge in [-0.1, -0.05) is 37.3 Å². The van der Waals surface area contributed by atoms with Crippen molar-refractivity contribution in [2.45, 2.75) is 58.5 Å². The summed E-state index contributed by atoms with van der Waals surface area (Å²) in [7, 11) is 0. The summed E-state index contributed by atoms with van der Waals surface area (Å²) in [5, 5.41) is 7.84. The summed E-state index contributed by atoms with van der Waals surface area (Å²) in [5.41, 5.74) is 3.73. The largest absolute Gasteiger partial charge is 0.452 e. The maximum absolute atomic E-state index is 12.8. The van der Waals surface area contributed by atoms with Crippen molar-refractivity contribution >= 4 is 23.8 Å². The van der Waals surface area contributed by atoms with Crippen molar-refractivity contribution in [2.75, 3.05) is 6.61 Å². The molecule has 0 radical (unpaired) electrons. The normalized spacial score (nSPS) is 22.1. The summed E-state index contributed by atoms with van der Waals surface area (Å²) in [4.78, 5) is 50.2. The molecule has 0 bridgehead atoms. The van der Waals surface area contributed by atoms with Gasteiger partial charge in [0, 0.05) is 0 Å². The molecule has 1 aliphatic heterocycles. The van der Waals surface area contributed by atoms with Gasteiger partial charge in [-0.3, -0.25) is 19.7 Å². The summed E-state index contributed by atoms with van der Waals surface area (Å²) >= 11 is 0. The molecule has 1 aromatic carbocycles. The first-order valence-electron chi connectivity index (χ1n) is 11.4. The van der Waals surface area contributed by atoms with E-state index in [0.29, 0.717) is 41.7 Å². The molecule has 1 saturated carbocycles. The number of hydrogen-bond acceptors (Lipinski definition) is 6. The number of benzene rings is 1. The van der Waals surface area contributed by atoms with Crippen LogP contribution in [0.5, 0.6) is 0 Å². The highest BCUT2D eigenvalue weighted by atomic mass is 16.5. The number of urea groups is 1. The van der Waals surface area contributed by atoms with Gasteiger partial charge < -0.3 is 10.1 Å². The number of ether oxygens (including phenoxy) is 1. The van der Waals surface area contributed by atoms with Crippen LogP contribution in [0.2, 0.25) is 0 Å². The van der Waals surface area contributed by atoms with Crippen LogP contribution in [0.15, 0.2) is 30.3 Å². The summed E-state index contributed by atoms with van der Waals surface area (Å²) in [5.74, 6) is -1.45. The third kappa shape index (κ3) is 4.52. The molecule has 4 rings (SSSR count). The van der Waals surface area contributed by atoms with Gasteiger partial charge in [0.05, 0.1) is 17.9 Å². The van der Waals surface area contributed by atoms with Gasteiger partial charge in [-0.15, -0.1) is 0 Å². The molecule has 34 heavy (non-hydrogen) atoms. The molecule has 180 valence electrons. The molecule has 2 heterocycles. The Morgan fingerprint density at radius 1 is 1.18 bits per heavy atom. The van der Waals surface area contributed by atoms with E-state index < -0.39 is 36.0 Å². The highest BCUT2D eigenvalue weighted by Crippen LogP contribution is 2.35. The van der Waals surface area contributed by atoms with Crippen molar-refractivity contribution < 1.29 is 23.9 Å². The fraction of sp³-hybridized carbons (Fsp3) is 0.458. The van der Waals surface area contributed by atoms with E-state index in [2.05, 4.69) is 22.8 Å². The van der Waals surface area contributed by atoms with Crippen LogP contribution in [0, 0.1) is 19.8 Å². The van der Waals surface area contributed by atoms with Gasteiger partial charge in [-0.2, -0.15) is 10.1 Å². The van der Waals surface area contributed by atoms with Gasteiger partial charge in [0.15, 0.2) is 6.61 Å². The van der Waals surface area contributed by atoms with Crippen molar-refractivity contribution in [3.05, 3.63) is 52.8 Å². The van der Waals surface area contributed by atoms with E-state index in [1.165, 1.54) is 0 Å². The topological polar surface area (TPSA) is 123 Å². The van der Waals surface area contributed by atoms with Crippen LogP contribution >= 0.6 is 0 Å². The lowest BCUT2D eigenvalue weighted by Gasteiger charge is -2.33. The predicted octanol–water partition coefficient (Wildman–Crippen LogP) is 2.24. The number of carbonyl (C=O) groups excluding carboxylic acids is 4. The predicted molar refractivity (Wildman–Crippen MR) is 121 cm³/mol. The van der Waals surface area contributed by atoms with Crippen molar-refractivity contribution in [1.82, 2.24) is 25.5 Å². The average molecular weight is 468 g/mol. The van der Waals surface area contributed by atoms with E-state index in [4.69, 9.17) is 4.74 Å². The number of imide groups is 1. The molecule has 1 aromatic heterocycles. The molecule has 0 atom stereocenters. The first-order valence-corrected chi connectivity index (χ1v) is 11.4. The Morgan fingerprint density at radius 3 is 2.53 bits per heavy atom. The highest BCUT2D eigenvalue weighted by molar-refractivity contribution is 6.08. The molecule has 2 aliphatic rings. The van der Waals surface area contributed by atoms with Gasteiger partial charge in [0.25, 0.3) is 11.8 Å². The molecular formula is C24H29N5O5. The van der Waals surface area contributed by atoms with Crippen molar-refractivity contribution in [2.24, 2.45) is 5.92 Å². The van der Waals surface area contributed by atoms with Gasteiger partial charge in [0.2, 0.25) is 0 Å². The Bertz CT molecular complexity index is 1120.